The molecule has 0 amide bonds. The third kappa shape index (κ3) is 5.47. The lowest BCUT2D eigenvalue weighted by molar-refractivity contribution is -0.129. The highest BCUT2D eigenvalue weighted by atomic mass is 16.6. The molecule has 0 aliphatic heterocycles. The zero-order valence-electron chi connectivity index (χ0n) is 17.2. The Hall–Kier alpha value is -3.61. The van der Waals surface area contributed by atoms with Crippen molar-refractivity contribution >= 4 is 11.7 Å². The van der Waals surface area contributed by atoms with E-state index in [0.717, 1.165) is 22.6 Å². The minimum Gasteiger partial charge on any atom is -0.487 e. The molecule has 0 unspecified atom stereocenters. The maximum absolute atomic E-state index is 11.1. The van der Waals surface area contributed by atoms with Gasteiger partial charge in [0.15, 0.2) is 5.71 Å². The predicted molar refractivity (Wildman–Crippen MR) is 112 cm³/mol. The van der Waals surface area contributed by atoms with Crippen LogP contribution in [0.25, 0.3) is 11.5 Å². The first-order chi connectivity index (χ1) is 14.4. The Morgan fingerprint density at radius 1 is 1.10 bits per heavy atom. The van der Waals surface area contributed by atoms with Crippen molar-refractivity contribution in [2.45, 2.75) is 34.0 Å². The van der Waals surface area contributed by atoms with Crippen LogP contribution in [0.2, 0.25) is 0 Å². The average molecular weight is 408 g/mol. The molecule has 2 aromatic carbocycles. The van der Waals surface area contributed by atoms with Gasteiger partial charge in [-0.25, -0.2) is 9.78 Å². The Labute approximate surface area is 175 Å². The second-order valence-corrected chi connectivity index (χ2v) is 7.03. The van der Waals surface area contributed by atoms with Crippen molar-refractivity contribution in [1.82, 2.24) is 4.98 Å². The Morgan fingerprint density at radius 3 is 2.43 bits per heavy atom. The number of nitrogens with zero attached hydrogens (tertiary/aromatic N) is 2. The maximum atomic E-state index is 11.1. The van der Waals surface area contributed by atoms with Crippen LogP contribution in [0.3, 0.4) is 0 Å². The number of aliphatic carboxylic acids is 1. The second-order valence-electron chi connectivity index (χ2n) is 7.03. The highest BCUT2D eigenvalue weighted by molar-refractivity contribution is 6.36. The molecule has 156 valence electrons. The molecule has 0 saturated heterocycles. The average Bonchev–Trinajstić information content (AvgIpc) is 3.11. The molecule has 0 fully saturated rings. The number of hydrogen-bond acceptors (Lipinski definition) is 6. The van der Waals surface area contributed by atoms with Crippen LogP contribution >= 0.6 is 0 Å². The summed E-state index contributed by atoms with van der Waals surface area (Å²) in [5.74, 6) is 0.672. The number of aromatic nitrogens is 1. The van der Waals surface area contributed by atoms with Gasteiger partial charge in [0, 0.05) is 11.5 Å². The molecule has 7 nitrogen and oxygen atoms in total. The van der Waals surface area contributed by atoms with E-state index in [1.807, 2.05) is 61.5 Å². The Bertz CT molecular complexity index is 1010. The summed E-state index contributed by atoms with van der Waals surface area (Å²) in [7, 11) is 0. The van der Waals surface area contributed by atoms with Crippen LogP contribution in [0.15, 0.2) is 64.2 Å². The fourth-order valence-corrected chi connectivity index (χ4v) is 2.67. The van der Waals surface area contributed by atoms with E-state index in [4.69, 9.17) is 19.1 Å². The number of aryl methyl sites for hydroxylation is 1. The predicted octanol–water partition coefficient (Wildman–Crippen LogP) is 4.84. The quantitative estimate of drug-likeness (QED) is 0.402. The number of ether oxygens (including phenoxy) is 1. The van der Waals surface area contributed by atoms with Crippen molar-refractivity contribution in [2.24, 2.45) is 11.1 Å². The highest BCUT2D eigenvalue weighted by Crippen LogP contribution is 2.22. The first-order valence-corrected chi connectivity index (χ1v) is 9.60. The van der Waals surface area contributed by atoms with Crippen molar-refractivity contribution in [3.63, 3.8) is 0 Å². The zero-order valence-corrected chi connectivity index (χ0v) is 17.2. The van der Waals surface area contributed by atoms with E-state index in [-0.39, 0.29) is 18.2 Å². The van der Waals surface area contributed by atoms with Crippen LogP contribution in [0.5, 0.6) is 5.75 Å². The molecule has 0 aliphatic carbocycles. The van der Waals surface area contributed by atoms with Crippen LogP contribution < -0.4 is 4.74 Å². The van der Waals surface area contributed by atoms with Crippen molar-refractivity contribution in [3.8, 4) is 17.2 Å². The van der Waals surface area contributed by atoms with E-state index in [1.165, 1.54) is 0 Å². The molecule has 3 rings (SSSR count). The summed E-state index contributed by atoms with van der Waals surface area (Å²) in [6.45, 7) is 5.83. The molecule has 30 heavy (non-hydrogen) atoms. The molecule has 0 aliphatic rings. The fourth-order valence-electron chi connectivity index (χ4n) is 2.67. The minimum atomic E-state index is -1.08. The minimum absolute atomic E-state index is 0.00666. The van der Waals surface area contributed by atoms with Crippen molar-refractivity contribution in [3.05, 3.63) is 71.6 Å². The molecule has 0 saturated carbocycles. The van der Waals surface area contributed by atoms with Crippen molar-refractivity contribution in [1.29, 1.82) is 0 Å². The van der Waals surface area contributed by atoms with E-state index in [9.17, 15) is 4.79 Å². The largest absolute Gasteiger partial charge is 0.487 e. The van der Waals surface area contributed by atoms with Gasteiger partial charge in [-0.05, 0) is 36.8 Å². The second kappa shape index (κ2) is 9.73. The summed E-state index contributed by atoms with van der Waals surface area (Å²) in [5, 5.41) is 12.8. The van der Waals surface area contributed by atoms with Crippen molar-refractivity contribution in [2.75, 3.05) is 0 Å². The number of benzene rings is 2. The molecule has 3 aromatic rings. The molecule has 1 aromatic heterocycles. The molecule has 0 spiro atoms. The first kappa shape index (κ1) is 21.1. The SMILES string of the molecule is Cc1oc(-c2ccccc2)nc1COc1ccc(CO/N=C(\C(=O)O)C(C)C)cc1. The first-order valence-electron chi connectivity index (χ1n) is 9.60. The number of oxazole rings is 1. The standard InChI is InChI=1S/C23H24N2O5/c1-15(2)21(23(26)27)25-29-13-17-9-11-19(12-10-17)28-14-20-16(3)30-22(24-20)18-7-5-4-6-8-18/h4-12,15H,13-14H2,1-3H3,(H,26,27)/b25-21-. The van der Waals surface area contributed by atoms with Gasteiger partial charge in [0.05, 0.1) is 0 Å². The van der Waals surface area contributed by atoms with Gasteiger partial charge in [-0.1, -0.05) is 49.3 Å². The third-order valence-corrected chi connectivity index (χ3v) is 4.37. The van der Waals surface area contributed by atoms with E-state index in [2.05, 4.69) is 10.1 Å². The number of carboxylic acid groups (broad SMARTS) is 1. The van der Waals surface area contributed by atoms with Crippen LogP contribution in [0.1, 0.15) is 30.9 Å². The molecule has 1 N–H and O–H groups in total. The van der Waals surface area contributed by atoms with Crippen molar-refractivity contribution < 1.29 is 23.9 Å². The fraction of sp³-hybridized carbons (Fsp3) is 0.261. The van der Waals surface area contributed by atoms with Crippen LogP contribution in [-0.4, -0.2) is 21.8 Å². The van der Waals surface area contributed by atoms with Gasteiger partial charge in [0.25, 0.3) is 0 Å². The Kier molecular flexibility index (Phi) is 6.85. The Morgan fingerprint density at radius 2 is 1.80 bits per heavy atom. The summed E-state index contributed by atoms with van der Waals surface area (Å²) in [5.41, 5.74) is 2.50. The number of carbonyl (C=O) groups is 1. The monoisotopic (exact) mass is 408 g/mol. The van der Waals surface area contributed by atoms with Crippen LogP contribution in [0.4, 0.5) is 0 Å². The molecule has 1 heterocycles. The topological polar surface area (TPSA) is 94.2 Å². The molecule has 0 bridgehead atoms. The highest BCUT2D eigenvalue weighted by Gasteiger charge is 2.15. The molecule has 0 radical (unpaired) electrons. The smallest absolute Gasteiger partial charge is 0.353 e. The van der Waals surface area contributed by atoms with E-state index < -0.39 is 5.97 Å². The number of hydrogen-bond donors (Lipinski definition) is 1. The van der Waals surface area contributed by atoms with Gasteiger partial charge >= 0.3 is 5.97 Å². The zero-order chi connectivity index (χ0) is 21.5. The van der Waals surface area contributed by atoms with E-state index in [0.29, 0.717) is 18.2 Å². The lowest BCUT2D eigenvalue weighted by Crippen LogP contribution is -2.19. The molecule has 0 atom stereocenters. The summed E-state index contributed by atoms with van der Waals surface area (Å²) < 4.78 is 11.6. The van der Waals surface area contributed by atoms with Gasteiger partial charge in [0.2, 0.25) is 5.89 Å². The van der Waals surface area contributed by atoms with Gasteiger partial charge in [0.1, 0.15) is 30.4 Å². The summed E-state index contributed by atoms with van der Waals surface area (Å²) in [4.78, 5) is 20.8. The maximum Gasteiger partial charge on any atom is 0.353 e. The molecule has 7 heteroatoms. The van der Waals surface area contributed by atoms with Gasteiger partial charge in [-0.15, -0.1) is 0 Å². The van der Waals surface area contributed by atoms with E-state index in [1.54, 1.807) is 13.8 Å². The van der Waals surface area contributed by atoms with E-state index >= 15 is 0 Å². The van der Waals surface area contributed by atoms with Gasteiger partial charge in [-0.2, -0.15) is 0 Å². The van der Waals surface area contributed by atoms with Crippen LogP contribution in [0, 0.1) is 12.8 Å². The van der Waals surface area contributed by atoms with Crippen LogP contribution in [-0.2, 0) is 22.8 Å². The Balaban J connectivity index is 1.56. The number of carboxylic acids is 1. The lowest BCUT2D eigenvalue weighted by Gasteiger charge is -2.07. The number of oxime groups is 1. The van der Waals surface area contributed by atoms with Gasteiger partial charge < -0.3 is 19.1 Å². The number of rotatable bonds is 9. The summed E-state index contributed by atoms with van der Waals surface area (Å²) in [6.07, 6.45) is 0. The third-order valence-electron chi connectivity index (χ3n) is 4.37. The van der Waals surface area contributed by atoms with Gasteiger partial charge in [-0.3, -0.25) is 0 Å². The molecular formula is C23H24N2O5. The molecular weight excluding hydrogens is 384 g/mol. The lowest BCUT2D eigenvalue weighted by atomic mass is 10.1. The summed E-state index contributed by atoms with van der Waals surface area (Å²) in [6, 6.07) is 17.0. The normalized spacial score (nSPS) is 11.5. The summed E-state index contributed by atoms with van der Waals surface area (Å²) >= 11 is 0.